The number of rotatable bonds is 8. The van der Waals surface area contributed by atoms with Crippen LogP contribution in [0.25, 0.3) is 0 Å². The standard InChI is InChI=1S/C25H37N5O3/c1-2-9-28-12-14-30(15-13-28)25(26)21-5-3-20(4-6-21)23-17-22(33-27-23)16-19-7-10-29(11-8-19)18-24(31)32/h3-6,19,22,26H,2,7-18H2,1H3,(H,31,32). The van der Waals surface area contributed by atoms with Gasteiger partial charge in [-0.05, 0) is 56.8 Å². The number of piperidine rings is 1. The fraction of sp³-hybridized carbons (Fsp3) is 0.640. The van der Waals surface area contributed by atoms with Crippen molar-refractivity contribution in [1.29, 1.82) is 5.41 Å². The highest BCUT2D eigenvalue weighted by atomic mass is 16.6. The van der Waals surface area contributed by atoms with E-state index in [0.717, 1.165) is 88.3 Å². The number of aliphatic carboxylic acids is 1. The van der Waals surface area contributed by atoms with E-state index in [-0.39, 0.29) is 12.6 Å². The lowest BCUT2D eigenvalue weighted by atomic mass is 9.89. The number of carboxylic acid groups (broad SMARTS) is 1. The van der Waals surface area contributed by atoms with Crippen LogP contribution < -0.4 is 0 Å². The molecule has 1 unspecified atom stereocenters. The first-order valence-electron chi connectivity index (χ1n) is 12.3. The van der Waals surface area contributed by atoms with Crippen molar-refractivity contribution in [3.05, 3.63) is 35.4 Å². The monoisotopic (exact) mass is 455 g/mol. The number of hydrogen-bond acceptors (Lipinski definition) is 6. The molecule has 33 heavy (non-hydrogen) atoms. The molecule has 0 spiro atoms. The first kappa shape index (κ1) is 23.7. The third-order valence-corrected chi connectivity index (χ3v) is 7.12. The molecule has 2 fully saturated rings. The van der Waals surface area contributed by atoms with E-state index in [1.807, 2.05) is 17.0 Å². The van der Waals surface area contributed by atoms with Crippen LogP contribution >= 0.6 is 0 Å². The maximum atomic E-state index is 10.9. The molecular formula is C25H37N5O3. The minimum Gasteiger partial charge on any atom is -0.480 e. The maximum absolute atomic E-state index is 10.9. The van der Waals surface area contributed by atoms with Gasteiger partial charge in [-0.2, -0.15) is 0 Å². The van der Waals surface area contributed by atoms with Crippen LogP contribution in [0, 0.1) is 11.3 Å². The van der Waals surface area contributed by atoms with Crippen LogP contribution in [0.2, 0.25) is 0 Å². The number of oxime groups is 1. The van der Waals surface area contributed by atoms with Crippen LogP contribution in [0.5, 0.6) is 0 Å². The molecule has 0 bridgehead atoms. The van der Waals surface area contributed by atoms with E-state index in [0.29, 0.717) is 11.8 Å². The fourth-order valence-corrected chi connectivity index (χ4v) is 5.18. The first-order chi connectivity index (χ1) is 16.0. The average molecular weight is 456 g/mol. The largest absolute Gasteiger partial charge is 0.480 e. The molecule has 0 saturated carbocycles. The summed E-state index contributed by atoms with van der Waals surface area (Å²) < 4.78 is 0. The number of benzene rings is 1. The molecule has 4 rings (SSSR count). The maximum Gasteiger partial charge on any atom is 0.317 e. The van der Waals surface area contributed by atoms with Crippen molar-refractivity contribution in [2.24, 2.45) is 11.1 Å². The fourth-order valence-electron chi connectivity index (χ4n) is 5.18. The zero-order chi connectivity index (χ0) is 23.2. The van der Waals surface area contributed by atoms with Crippen LogP contribution in [-0.4, -0.2) is 95.8 Å². The average Bonchev–Trinajstić information content (AvgIpc) is 3.29. The molecule has 8 heteroatoms. The number of likely N-dealkylation sites (tertiary alicyclic amines) is 1. The second-order valence-electron chi connectivity index (χ2n) is 9.57. The molecule has 0 aromatic heterocycles. The van der Waals surface area contributed by atoms with Crippen LogP contribution in [-0.2, 0) is 9.63 Å². The van der Waals surface area contributed by atoms with E-state index >= 15 is 0 Å². The Morgan fingerprint density at radius 3 is 2.42 bits per heavy atom. The lowest BCUT2D eigenvalue weighted by molar-refractivity contribution is -0.138. The summed E-state index contributed by atoms with van der Waals surface area (Å²) >= 11 is 0. The smallest absolute Gasteiger partial charge is 0.317 e. The van der Waals surface area contributed by atoms with Crippen molar-refractivity contribution in [3.8, 4) is 0 Å². The molecule has 1 aromatic rings. The van der Waals surface area contributed by atoms with Crippen molar-refractivity contribution >= 4 is 17.5 Å². The second-order valence-corrected chi connectivity index (χ2v) is 9.57. The molecule has 180 valence electrons. The van der Waals surface area contributed by atoms with Crippen molar-refractivity contribution in [2.75, 3.05) is 52.4 Å². The highest BCUT2D eigenvalue weighted by Gasteiger charge is 2.28. The molecule has 0 aliphatic carbocycles. The number of nitrogens with one attached hydrogen (secondary N) is 1. The summed E-state index contributed by atoms with van der Waals surface area (Å²) in [6, 6.07) is 8.19. The van der Waals surface area contributed by atoms with Gasteiger partial charge in [-0.3, -0.25) is 20.0 Å². The van der Waals surface area contributed by atoms with E-state index < -0.39 is 5.97 Å². The summed E-state index contributed by atoms with van der Waals surface area (Å²) in [5.41, 5.74) is 3.00. The molecule has 0 amide bonds. The minimum atomic E-state index is -0.749. The van der Waals surface area contributed by atoms with Crippen LogP contribution in [0.15, 0.2) is 29.4 Å². The van der Waals surface area contributed by atoms with Gasteiger partial charge in [0.25, 0.3) is 0 Å². The Hall–Kier alpha value is -2.45. The van der Waals surface area contributed by atoms with Crippen molar-refractivity contribution in [2.45, 2.75) is 45.1 Å². The molecule has 3 aliphatic heterocycles. The first-order valence-corrected chi connectivity index (χ1v) is 12.3. The SMILES string of the molecule is CCCN1CCN(C(=N)c2ccc(C3=NOC(CC4CCN(CC(=O)O)CC4)C3)cc2)CC1. The zero-order valence-electron chi connectivity index (χ0n) is 19.7. The summed E-state index contributed by atoms with van der Waals surface area (Å²) in [4.78, 5) is 23.3. The minimum absolute atomic E-state index is 0.105. The van der Waals surface area contributed by atoms with Gasteiger partial charge in [0.2, 0.25) is 0 Å². The van der Waals surface area contributed by atoms with Crippen LogP contribution in [0.4, 0.5) is 0 Å². The summed E-state index contributed by atoms with van der Waals surface area (Å²) in [7, 11) is 0. The van der Waals surface area contributed by atoms with E-state index in [4.69, 9.17) is 15.4 Å². The quantitative estimate of drug-likeness (QED) is 0.463. The number of piperazine rings is 1. The van der Waals surface area contributed by atoms with Gasteiger partial charge >= 0.3 is 5.97 Å². The van der Waals surface area contributed by atoms with Crippen LogP contribution in [0.3, 0.4) is 0 Å². The second kappa shape index (κ2) is 11.1. The number of amidine groups is 1. The number of carbonyl (C=O) groups is 1. The Bertz CT molecular complexity index is 840. The Morgan fingerprint density at radius 2 is 1.79 bits per heavy atom. The molecule has 8 nitrogen and oxygen atoms in total. The van der Waals surface area contributed by atoms with Gasteiger partial charge in [-0.15, -0.1) is 0 Å². The number of nitrogens with zero attached hydrogens (tertiary/aromatic N) is 4. The van der Waals surface area contributed by atoms with Crippen molar-refractivity contribution in [3.63, 3.8) is 0 Å². The molecule has 3 aliphatic rings. The van der Waals surface area contributed by atoms with Crippen molar-refractivity contribution < 1.29 is 14.7 Å². The lowest BCUT2D eigenvalue weighted by Crippen LogP contribution is -2.48. The Kier molecular flexibility index (Phi) is 7.98. The topological polar surface area (TPSA) is 92.5 Å². The zero-order valence-corrected chi connectivity index (χ0v) is 19.7. The predicted octanol–water partition coefficient (Wildman–Crippen LogP) is 2.72. The summed E-state index contributed by atoms with van der Waals surface area (Å²) in [5.74, 6) is 0.422. The van der Waals surface area contributed by atoms with E-state index in [9.17, 15) is 4.79 Å². The van der Waals surface area contributed by atoms with Gasteiger partial charge < -0.3 is 14.8 Å². The summed E-state index contributed by atoms with van der Waals surface area (Å²) in [6.45, 7) is 9.08. The molecular weight excluding hydrogens is 418 g/mol. The van der Waals surface area contributed by atoms with E-state index in [1.54, 1.807) is 0 Å². The summed E-state index contributed by atoms with van der Waals surface area (Å²) in [5, 5.41) is 21.9. The molecule has 0 radical (unpaired) electrons. The molecule has 3 heterocycles. The van der Waals surface area contributed by atoms with E-state index in [1.165, 1.54) is 6.42 Å². The molecule has 1 aromatic carbocycles. The highest BCUT2D eigenvalue weighted by Crippen LogP contribution is 2.28. The Balaban J connectivity index is 1.23. The number of hydrogen-bond donors (Lipinski definition) is 2. The number of carboxylic acids is 1. The van der Waals surface area contributed by atoms with Gasteiger partial charge in [0, 0.05) is 38.2 Å². The molecule has 2 N–H and O–H groups in total. The van der Waals surface area contributed by atoms with Gasteiger partial charge in [-0.1, -0.05) is 36.3 Å². The van der Waals surface area contributed by atoms with E-state index in [2.05, 4.69) is 34.0 Å². The third kappa shape index (κ3) is 6.32. The summed E-state index contributed by atoms with van der Waals surface area (Å²) in [6.07, 6.45) is 5.11. The highest BCUT2D eigenvalue weighted by molar-refractivity contribution is 6.02. The van der Waals surface area contributed by atoms with Gasteiger partial charge in [-0.25, -0.2) is 0 Å². The molecule has 1 atom stereocenters. The lowest BCUT2D eigenvalue weighted by Gasteiger charge is -2.36. The third-order valence-electron chi connectivity index (χ3n) is 7.12. The Morgan fingerprint density at radius 1 is 1.09 bits per heavy atom. The Labute approximate surface area is 196 Å². The van der Waals surface area contributed by atoms with Crippen molar-refractivity contribution in [1.82, 2.24) is 14.7 Å². The van der Waals surface area contributed by atoms with Gasteiger partial charge in [0.15, 0.2) is 0 Å². The normalized spacial score (nSPS) is 22.8. The van der Waals surface area contributed by atoms with Crippen LogP contribution in [0.1, 0.15) is 50.2 Å². The van der Waals surface area contributed by atoms with Gasteiger partial charge in [0.05, 0.1) is 12.3 Å². The van der Waals surface area contributed by atoms with Gasteiger partial charge in [0.1, 0.15) is 11.9 Å². The predicted molar refractivity (Wildman–Crippen MR) is 129 cm³/mol. The molecule has 2 saturated heterocycles.